The van der Waals surface area contributed by atoms with Crippen molar-refractivity contribution in [2.75, 3.05) is 7.11 Å². The van der Waals surface area contributed by atoms with Crippen LogP contribution >= 0.6 is 15.9 Å². The summed E-state index contributed by atoms with van der Waals surface area (Å²) in [7, 11) is 1.71. The molecule has 0 aromatic carbocycles. The van der Waals surface area contributed by atoms with Crippen molar-refractivity contribution in [2.24, 2.45) is 5.73 Å². The van der Waals surface area contributed by atoms with Crippen LogP contribution in [-0.4, -0.2) is 23.7 Å². The average Bonchev–Trinajstić information content (AvgIpc) is 2.28. The second-order valence-corrected chi connectivity index (χ2v) is 5.11. The van der Waals surface area contributed by atoms with E-state index in [1.54, 1.807) is 13.3 Å². The molecule has 0 fully saturated rings. The van der Waals surface area contributed by atoms with E-state index in [9.17, 15) is 0 Å². The van der Waals surface area contributed by atoms with Crippen LogP contribution < -0.4 is 5.73 Å². The molecule has 16 heavy (non-hydrogen) atoms. The van der Waals surface area contributed by atoms with Crippen molar-refractivity contribution >= 4 is 15.9 Å². The van der Waals surface area contributed by atoms with Crippen LogP contribution in [0.2, 0.25) is 0 Å². The van der Waals surface area contributed by atoms with Crippen molar-refractivity contribution in [3.63, 3.8) is 0 Å². The van der Waals surface area contributed by atoms with Crippen molar-refractivity contribution in [1.82, 2.24) is 4.98 Å². The Labute approximate surface area is 106 Å². The maximum Gasteiger partial charge on any atom is 0.0801 e. The van der Waals surface area contributed by atoms with Crippen molar-refractivity contribution in [3.8, 4) is 0 Å². The third kappa shape index (κ3) is 3.27. The number of hydrogen-bond donors (Lipinski definition) is 1. The summed E-state index contributed by atoms with van der Waals surface area (Å²) in [5, 5.41) is 0. The smallest absolute Gasteiger partial charge is 0.0801 e. The van der Waals surface area contributed by atoms with Crippen molar-refractivity contribution in [2.45, 2.75) is 38.3 Å². The Kier molecular flexibility index (Phi) is 4.89. The number of nitrogens with two attached hydrogens (primary N) is 1. The zero-order chi connectivity index (χ0) is 12.2. The van der Waals surface area contributed by atoms with Crippen LogP contribution in [0.3, 0.4) is 0 Å². The van der Waals surface area contributed by atoms with Crippen molar-refractivity contribution in [1.29, 1.82) is 0 Å². The van der Waals surface area contributed by atoms with Crippen molar-refractivity contribution in [3.05, 3.63) is 28.5 Å². The maximum absolute atomic E-state index is 6.19. The number of rotatable bonds is 5. The lowest BCUT2D eigenvalue weighted by Gasteiger charge is -2.33. The summed E-state index contributed by atoms with van der Waals surface area (Å²) >= 11 is 3.40. The van der Waals surface area contributed by atoms with Gasteiger partial charge in [0.1, 0.15) is 0 Å². The monoisotopic (exact) mass is 286 g/mol. The first-order valence-corrected chi connectivity index (χ1v) is 6.21. The number of hydrogen-bond acceptors (Lipinski definition) is 3. The van der Waals surface area contributed by atoms with E-state index in [-0.39, 0.29) is 11.6 Å². The van der Waals surface area contributed by atoms with Gasteiger partial charge in [0, 0.05) is 30.0 Å². The highest BCUT2D eigenvalue weighted by Crippen LogP contribution is 2.21. The van der Waals surface area contributed by atoms with Crippen LogP contribution in [0.25, 0.3) is 0 Å². The van der Waals surface area contributed by atoms with Crippen LogP contribution in [0.5, 0.6) is 0 Å². The van der Waals surface area contributed by atoms with Gasteiger partial charge in [-0.3, -0.25) is 4.98 Å². The summed E-state index contributed by atoms with van der Waals surface area (Å²) in [6.07, 6.45) is 5.28. The molecule has 1 heterocycles. The van der Waals surface area contributed by atoms with Crippen molar-refractivity contribution < 1.29 is 4.74 Å². The Morgan fingerprint density at radius 3 is 2.75 bits per heavy atom. The fourth-order valence-electron chi connectivity index (χ4n) is 1.60. The number of aromatic nitrogens is 1. The summed E-state index contributed by atoms with van der Waals surface area (Å²) in [5.41, 5.74) is 7.04. The van der Waals surface area contributed by atoms with Gasteiger partial charge in [-0.1, -0.05) is 6.92 Å². The molecule has 0 radical (unpaired) electrons. The molecule has 90 valence electrons. The van der Waals surface area contributed by atoms with Gasteiger partial charge < -0.3 is 10.5 Å². The van der Waals surface area contributed by atoms with E-state index in [4.69, 9.17) is 10.5 Å². The molecule has 0 aliphatic rings. The Hall–Kier alpha value is -0.450. The quantitative estimate of drug-likeness (QED) is 0.905. The van der Waals surface area contributed by atoms with E-state index in [1.807, 2.05) is 19.2 Å². The minimum absolute atomic E-state index is 0.0291. The van der Waals surface area contributed by atoms with Crippen LogP contribution in [-0.2, 0) is 11.2 Å². The summed E-state index contributed by atoms with van der Waals surface area (Å²) in [6, 6.07) is 2.01. The molecule has 1 rings (SSSR count). The van der Waals surface area contributed by atoms with Crippen LogP contribution in [0.4, 0.5) is 0 Å². The number of methoxy groups -OCH3 is 1. The first-order valence-electron chi connectivity index (χ1n) is 5.42. The van der Waals surface area contributed by atoms with Gasteiger partial charge in [-0.15, -0.1) is 0 Å². The van der Waals surface area contributed by atoms with Gasteiger partial charge >= 0.3 is 0 Å². The van der Waals surface area contributed by atoms with Gasteiger partial charge in [-0.25, -0.2) is 0 Å². The zero-order valence-electron chi connectivity index (χ0n) is 10.0. The predicted octanol–water partition coefficient (Wildman–Crippen LogP) is 2.53. The van der Waals surface area contributed by atoms with Gasteiger partial charge in [-0.2, -0.15) is 0 Å². The predicted molar refractivity (Wildman–Crippen MR) is 69.3 cm³/mol. The largest absolute Gasteiger partial charge is 0.377 e. The molecule has 4 heteroatoms. The van der Waals surface area contributed by atoms with E-state index >= 15 is 0 Å². The van der Waals surface area contributed by atoms with Gasteiger partial charge in [-0.05, 0) is 47.3 Å². The second-order valence-electron chi connectivity index (χ2n) is 4.19. The third-order valence-corrected chi connectivity index (χ3v) is 3.60. The molecule has 2 N–H and O–H groups in total. The fourth-order valence-corrected chi connectivity index (χ4v) is 2.01. The average molecular weight is 287 g/mol. The standard InChI is InChI=1S/C12H19BrN2O/c1-4-12(2,16-3)11(14)6-9-5-10(13)8-15-7-9/h5,7-8,11H,4,6,14H2,1-3H3. The number of ether oxygens (including phenoxy) is 1. The number of pyridine rings is 1. The van der Waals surface area contributed by atoms with E-state index < -0.39 is 0 Å². The second kappa shape index (κ2) is 5.75. The topological polar surface area (TPSA) is 48.1 Å². The van der Waals surface area contributed by atoms with E-state index in [2.05, 4.69) is 27.8 Å². The molecule has 0 aliphatic carbocycles. The van der Waals surface area contributed by atoms with Crippen LogP contribution in [0.15, 0.2) is 22.9 Å². The van der Waals surface area contributed by atoms with Gasteiger partial charge in [0.25, 0.3) is 0 Å². The molecule has 0 spiro atoms. The lowest BCUT2D eigenvalue weighted by atomic mass is 9.89. The molecule has 0 aliphatic heterocycles. The highest BCUT2D eigenvalue weighted by Gasteiger charge is 2.29. The number of halogens is 1. The highest BCUT2D eigenvalue weighted by molar-refractivity contribution is 9.10. The first-order chi connectivity index (χ1) is 7.51. The lowest BCUT2D eigenvalue weighted by Crippen LogP contribution is -2.48. The SMILES string of the molecule is CCC(C)(OC)C(N)Cc1cncc(Br)c1. The minimum atomic E-state index is -0.275. The molecule has 2 unspecified atom stereocenters. The Balaban J connectivity index is 2.74. The molecule has 3 nitrogen and oxygen atoms in total. The molecular weight excluding hydrogens is 268 g/mol. The third-order valence-electron chi connectivity index (χ3n) is 3.17. The minimum Gasteiger partial charge on any atom is -0.377 e. The fraction of sp³-hybridized carbons (Fsp3) is 0.583. The molecule has 0 amide bonds. The highest BCUT2D eigenvalue weighted by atomic mass is 79.9. The molecular formula is C12H19BrN2O. The van der Waals surface area contributed by atoms with Crippen LogP contribution in [0.1, 0.15) is 25.8 Å². The van der Waals surface area contributed by atoms with E-state index in [1.165, 1.54) is 0 Å². The van der Waals surface area contributed by atoms with Gasteiger partial charge in [0.2, 0.25) is 0 Å². The zero-order valence-corrected chi connectivity index (χ0v) is 11.6. The van der Waals surface area contributed by atoms with Gasteiger partial charge in [0.05, 0.1) is 5.60 Å². The summed E-state index contributed by atoms with van der Waals surface area (Å²) in [5.74, 6) is 0. The summed E-state index contributed by atoms with van der Waals surface area (Å²) in [4.78, 5) is 4.13. The Morgan fingerprint density at radius 1 is 1.56 bits per heavy atom. The Bertz CT molecular complexity index is 340. The summed E-state index contributed by atoms with van der Waals surface area (Å²) in [6.45, 7) is 4.13. The first kappa shape index (κ1) is 13.6. The van der Waals surface area contributed by atoms with Gasteiger partial charge in [0.15, 0.2) is 0 Å². The van der Waals surface area contributed by atoms with E-state index in [0.717, 1.165) is 22.9 Å². The van der Waals surface area contributed by atoms with Crippen LogP contribution in [0, 0.1) is 0 Å². The molecule has 0 saturated carbocycles. The lowest BCUT2D eigenvalue weighted by molar-refractivity contribution is -0.0184. The normalized spacial score (nSPS) is 16.8. The van der Waals surface area contributed by atoms with E-state index in [0.29, 0.717) is 0 Å². The summed E-state index contributed by atoms with van der Waals surface area (Å²) < 4.78 is 6.47. The molecule has 2 atom stereocenters. The molecule has 0 bridgehead atoms. The maximum atomic E-state index is 6.19. The molecule has 1 aromatic rings. The molecule has 1 aromatic heterocycles. The Morgan fingerprint density at radius 2 is 2.25 bits per heavy atom. The number of nitrogens with zero attached hydrogens (tertiary/aromatic N) is 1. The molecule has 0 saturated heterocycles.